The van der Waals surface area contributed by atoms with Crippen LogP contribution >= 0.6 is 0 Å². The molecule has 3 aromatic rings. The first-order chi connectivity index (χ1) is 14.4. The number of sulfonamides is 1. The second-order valence-electron chi connectivity index (χ2n) is 7.22. The van der Waals surface area contributed by atoms with Crippen molar-refractivity contribution in [1.29, 1.82) is 0 Å². The smallest absolute Gasteiger partial charge is 0.243 e. The Morgan fingerprint density at radius 2 is 1.97 bits per heavy atom. The highest BCUT2D eigenvalue weighted by Crippen LogP contribution is 2.32. The average molecular weight is 432 g/mol. The minimum absolute atomic E-state index is 0.0658. The van der Waals surface area contributed by atoms with Crippen LogP contribution in [-0.4, -0.2) is 41.9 Å². The highest BCUT2D eigenvalue weighted by atomic mass is 32.2. The Morgan fingerprint density at radius 3 is 2.70 bits per heavy atom. The van der Waals surface area contributed by atoms with Gasteiger partial charge in [0.1, 0.15) is 11.6 Å². The lowest BCUT2D eigenvalue weighted by atomic mass is 10.0. The number of rotatable bonds is 6. The Kier molecular flexibility index (Phi) is 5.68. The molecule has 9 heteroatoms. The second-order valence-corrected chi connectivity index (χ2v) is 9.16. The predicted molar refractivity (Wildman–Crippen MR) is 111 cm³/mol. The van der Waals surface area contributed by atoms with E-state index in [2.05, 4.69) is 4.98 Å². The number of benzene rings is 2. The van der Waals surface area contributed by atoms with Crippen molar-refractivity contribution >= 4 is 21.1 Å². The molecule has 30 heavy (non-hydrogen) atoms. The summed E-state index contributed by atoms with van der Waals surface area (Å²) in [5.74, 6) is -0.961. The van der Waals surface area contributed by atoms with Crippen LogP contribution in [0, 0.1) is 5.82 Å². The molecule has 1 aromatic heterocycles. The molecule has 0 radical (unpaired) electrons. The van der Waals surface area contributed by atoms with Crippen LogP contribution in [0.3, 0.4) is 0 Å². The Morgan fingerprint density at radius 1 is 1.20 bits per heavy atom. The van der Waals surface area contributed by atoms with Crippen molar-refractivity contribution < 1.29 is 17.2 Å². The zero-order valence-corrected chi connectivity index (χ0v) is 17.1. The first kappa shape index (κ1) is 20.6. The fraction of sp³-hybridized carbons (Fsp3) is 0.286. The summed E-state index contributed by atoms with van der Waals surface area (Å²) >= 11 is 0. The van der Waals surface area contributed by atoms with Crippen LogP contribution in [0.15, 0.2) is 59.5 Å². The summed E-state index contributed by atoms with van der Waals surface area (Å²) in [7, 11) is -3.60. The van der Waals surface area contributed by atoms with Gasteiger partial charge in [-0.25, -0.2) is 22.2 Å². The van der Waals surface area contributed by atoms with Gasteiger partial charge in [-0.2, -0.15) is 4.31 Å². The molecule has 1 aliphatic rings. The molecular formula is C21H22F2N4O2S. The van der Waals surface area contributed by atoms with Crippen molar-refractivity contribution in [1.82, 2.24) is 13.9 Å². The van der Waals surface area contributed by atoms with E-state index in [9.17, 15) is 17.2 Å². The molecule has 158 valence electrons. The van der Waals surface area contributed by atoms with Gasteiger partial charge >= 0.3 is 0 Å². The summed E-state index contributed by atoms with van der Waals surface area (Å²) in [6, 6.07) is 9.02. The van der Waals surface area contributed by atoms with E-state index in [4.69, 9.17) is 5.73 Å². The van der Waals surface area contributed by atoms with E-state index in [0.717, 1.165) is 12.8 Å². The normalized spacial score (nSPS) is 15.9. The lowest BCUT2D eigenvalue weighted by Crippen LogP contribution is -2.27. The molecule has 0 atom stereocenters. The summed E-state index contributed by atoms with van der Waals surface area (Å²) in [6.07, 6.45) is 4.37. The Labute approximate surface area is 173 Å². The van der Waals surface area contributed by atoms with Crippen LogP contribution < -0.4 is 5.73 Å². The highest BCUT2D eigenvalue weighted by Gasteiger charge is 2.27. The van der Waals surface area contributed by atoms with E-state index >= 15 is 0 Å². The van der Waals surface area contributed by atoms with Crippen LogP contribution in [0.2, 0.25) is 0 Å². The number of hydrogen-bond donors (Lipinski definition) is 1. The van der Waals surface area contributed by atoms with Gasteiger partial charge in [-0.1, -0.05) is 12.1 Å². The molecule has 2 aromatic carbocycles. The molecule has 0 unspecified atom stereocenters. The fourth-order valence-electron chi connectivity index (χ4n) is 3.73. The molecular weight excluding hydrogens is 410 g/mol. The third-order valence-electron chi connectivity index (χ3n) is 5.20. The van der Waals surface area contributed by atoms with Crippen LogP contribution in [0.5, 0.6) is 0 Å². The molecule has 0 bridgehead atoms. The molecule has 2 heterocycles. The van der Waals surface area contributed by atoms with Crippen LogP contribution in [0.1, 0.15) is 12.8 Å². The summed E-state index contributed by atoms with van der Waals surface area (Å²) in [6.45, 7) is 0.961. The Balaban J connectivity index is 1.79. The highest BCUT2D eigenvalue weighted by molar-refractivity contribution is 7.89. The largest absolute Gasteiger partial charge is 0.327 e. The molecule has 1 saturated heterocycles. The maximum atomic E-state index is 14.4. The summed E-state index contributed by atoms with van der Waals surface area (Å²) in [4.78, 5) is 4.49. The molecule has 2 N–H and O–H groups in total. The minimum atomic E-state index is -3.60. The van der Waals surface area contributed by atoms with Crippen molar-refractivity contribution in [2.45, 2.75) is 24.3 Å². The van der Waals surface area contributed by atoms with E-state index in [-0.39, 0.29) is 18.0 Å². The summed E-state index contributed by atoms with van der Waals surface area (Å²) < 4.78 is 57.1. The molecule has 6 nitrogen and oxygen atoms in total. The van der Waals surface area contributed by atoms with Crippen molar-refractivity contribution in [2.75, 3.05) is 19.6 Å². The SMILES string of the molecule is NC/C=C(\F)Cn1cnc2c(-c3cccc(S(=O)(=O)N4CCCC4)c3)cc(F)cc21. The van der Waals surface area contributed by atoms with Crippen molar-refractivity contribution in [2.24, 2.45) is 5.73 Å². The number of halogens is 2. The molecule has 1 aliphatic heterocycles. The number of allylic oxidation sites excluding steroid dienone is 1. The second kappa shape index (κ2) is 8.25. The Bertz CT molecular complexity index is 1210. The molecule has 0 spiro atoms. The van der Waals surface area contributed by atoms with Gasteiger partial charge in [0.25, 0.3) is 0 Å². The van der Waals surface area contributed by atoms with Crippen LogP contribution in [0.4, 0.5) is 8.78 Å². The summed E-state index contributed by atoms with van der Waals surface area (Å²) in [5, 5.41) is 0. The molecule has 0 amide bonds. The number of aromatic nitrogens is 2. The lowest BCUT2D eigenvalue weighted by molar-refractivity contribution is 0.477. The molecule has 1 fully saturated rings. The van der Waals surface area contributed by atoms with Crippen LogP contribution in [-0.2, 0) is 16.6 Å². The van der Waals surface area contributed by atoms with Gasteiger partial charge in [0.2, 0.25) is 10.0 Å². The fourth-order valence-corrected chi connectivity index (χ4v) is 5.30. The molecule has 0 saturated carbocycles. The van der Waals surface area contributed by atoms with E-state index in [0.29, 0.717) is 35.2 Å². The molecule has 4 rings (SSSR count). The molecule has 0 aliphatic carbocycles. The van der Waals surface area contributed by atoms with E-state index in [1.807, 2.05) is 0 Å². The number of fused-ring (bicyclic) bond motifs is 1. The number of imidazole rings is 1. The Hall–Kier alpha value is -2.62. The minimum Gasteiger partial charge on any atom is -0.327 e. The number of hydrogen-bond acceptors (Lipinski definition) is 4. The topological polar surface area (TPSA) is 81.2 Å². The summed E-state index contributed by atoms with van der Waals surface area (Å²) in [5.41, 5.74) is 7.20. The van der Waals surface area contributed by atoms with Gasteiger partial charge < -0.3 is 10.3 Å². The van der Waals surface area contributed by atoms with Gasteiger partial charge in [-0.3, -0.25) is 0 Å². The van der Waals surface area contributed by atoms with Crippen molar-refractivity contribution in [3.63, 3.8) is 0 Å². The zero-order chi connectivity index (χ0) is 21.3. The van der Waals surface area contributed by atoms with E-state index < -0.39 is 21.7 Å². The predicted octanol–water partition coefficient (Wildman–Crippen LogP) is 3.44. The standard InChI is InChI=1S/C21H22F2N4O2S/c22-16(6-7-24)13-26-14-25-21-19(11-17(23)12-20(21)26)15-4-3-5-18(10-15)30(28,29)27-8-1-2-9-27/h3-6,10-12,14H,1-2,7-9,13,24H2/b16-6-. The third-order valence-corrected chi connectivity index (χ3v) is 7.09. The number of nitrogens with two attached hydrogens (primary N) is 1. The van der Waals surface area contributed by atoms with Gasteiger partial charge in [-0.15, -0.1) is 0 Å². The first-order valence-electron chi connectivity index (χ1n) is 9.70. The lowest BCUT2D eigenvalue weighted by Gasteiger charge is -2.16. The zero-order valence-electron chi connectivity index (χ0n) is 16.3. The van der Waals surface area contributed by atoms with Crippen LogP contribution in [0.25, 0.3) is 22.2 Å². The monoisotopic (exact) mass is 432 g/mol. The van der Waals surface area contributed by atoms with Gasteiger partial charge in [0, 0.05) is 25.2 Å². The number of nitrogens with zero attached hydrogens (tertiary/aromatic N) is 3. The van der Waals surface area contributed by atoms with E-state index in [1.54, 1.807) is 18.2 Å². The first-order valence-corrected chi connectivity index (χ1v) is 11.1. The van der Waals surface area contributed by atoms with E-state index in [1.165, 1.54) is 39.5 Å². The van der Waals surface area contributed by atoms with Crippen molar-refractivity contribution in [3.8, 4) is 11.1 Å². The van der Waals surface area contributed by atoms with Gasteiger partial charge in [0.05, 0.1) is 28.8 Å². The van der Waals surface area contributed by atoms with Gasteiger partial charge in [0.15, 0.2) is 0 Å². The van der Waals surface area contributed by atoms with Gasteiger partial charge in [-0.05, 0) is 48.7 Å². The maximum Gasteiger partial charge on any atom is 0.243 e. The van der Waals surface area contributed by atoms with Crippen molar-refractivity contribution in [3.05, 3.63) is 60.4 Å². The average Bonchev–Trinajstić information content (AvgIpc) is 3.39. The third kappa shape index (κ3) is 3.88. The maximum absolute atomic E-state index is 14.4. The quantitative estimate of drug-likeness (QED) is 0.647.